The number of rotatable bonds is 5. The van der Waals surface area contributed by atoms with E-state index in [-0.39, 0.29) is 18.3 Å². The molecule has 0 aromatic carbocycles. The van der Waals surface area contributed by atoms with Crippen molar-refractivity contribution in [2.45, 2.75) is 39.8 Å². The smallest absolute Gasteiger partial charge is 0.243 e. The van der Waals surface area contributed by atoms with Crippen molar-refractivity contribution in [2.75, 3.05) is 5.32 Å². The Morgan fingerprint density at radius 3 is 2.76 bits per heavy atom. The van der Waals surface area contributed by atoms with E-state index in [1.165, 1.54) is 0 Å². The van der Waals surface area contributed by atoms with Gasteiger partial charge in [-0.2, -0.15) is 0 Å². The SMILES string of the molecule is CC[C@H](N)C(=O)Nc1nccn1CC(C)C.Cl. The Hall–Kier alpha value is -1.07. The zero-order valence-corrected chi connectivity index (χ0v) is 11.3. The second-order valence-corrected chi connectivity index (χ2v) is 4.30. The molecule has 1 rings (SSSR count). The highest BCUT2D eigenvalue weighted by atomic mass is 35.5. The van der Waals surface area contributed by atoms with Crippen molar-refractivity contribution >= 4 is 24.3 Å². The van der Waals surface area contributed by atoms with E-state index in [4.69, 9.17) is 5.73 Å². The van der Waals surface area contributed by atoms with Crippen LogP contribution in [0.1, 0.15) is 27.2 Å². The largest absolute Gasteiger partial charge is 0.320 e. The summed E-state index contributed by atoms with van der Waals surface area (Å²) in [4.78, 5) is 15.7. The molecule has 1 aromatic rings. The first kappa shape index (κ1) is 15.9. The van der Waals surface area contributed by atoms with Gasteiger partial charge in [0.15, 0.2) is 0 Å². The van der Waals surface area contributed by atoms with Crippen molar-refractivity contribution in [3.63, 3.8) is 0 Å². The molecule has 0 aliphatic rings. The lowest BCUT2D eigenvalue weighted by Gasteiger charge is -2.13. The molecule has 0 bridgehead atoms. The van der Waals surface area contributed by atoms with Gasteiger partial charge in [-0.1, -0.05) is 20.8 Å². The van der Waals surface area contributed by atoms with E-state index in [0.29, 0.717) is 18.3 Å². The molecule has 0 spiro atoms. The minimum absolute atomic E-state index is 0. The quantitative estimate of drug-likeness (QED) is 0.845. The van der Waals surface area contributed by atoms with Gasteiger partial charge in [-0.15, -0.1) is 12.4 Å². The third-order valence-corrected chi connectivity index (χ3v) is 2.29. The summed E-state index contributed by atoms with van der Waals surface area (Å²) >= 11 is 0. The Bertz CT molecular complexity index is 351. The molecule has 0 saturated carbocycles. The van der Waals surface area contributed by atoms with E-state index in [1.54, 1.807) is 6.20 Å². The van der Waals surface area contributed by atoms with Crippen LogP contribution in [0, 0.1) is 5.92 Å². The highest BCUT2D eigenvalue weighted by Gasteiger charge is 2.13. The zero-order chi connectivity index (χ0) is 12.1. The number of carbonyl (C=O) groups excluding carboxylic acids is 1. The van der Waals surface area contributed by atoms with E-state index >= 15 is 0 Å². The molecule has 0 fully saturated rings. The molecule has 3 N–H and O–H groups in total. The molecule has 0 radical (unpaired) electrons. The number of nitrogens with two attached hydrogens (primary N) is 1. The maximum Gasteiger partial charge on any atom is 0.243 e. The molecule has 98 valence electrons. The Morgan fingerprint density at radius 1 is 1.59 bits per heavy atom. The molecule has 6 heteroatoms. The lowest BCUT2D eigenvalue weighted by molar-refractivity contribution is -0.117. The van der Waals surface area contributed by atoms with Crippen molar-refractivity contribution < 1.29 is 4.79 Å². The number of halogens is 1. The summed E-state index contributed by atoms with van der Waals surface area (Å²) in [6.45, 7) is 6.94. The predicted molar refractivity (Wildman–Crippen MR) is 71.2 cm³/mol. The second-order valence-electron chi connectivity index (χ2n) is 4.30. The number of hydrogen-bond acceptors (Lipinski definition) is 3. The van der Waals surface area contributed by atoms with Crippen LogP contribution in [0.4, 0.5) is 5.95 Å². The number of carbonyl (C=O) groups is 1. The maximum atomic E-state index is 11.6. The average Bonchev–Trinajstić information content (AvgIpc) is 2.63. The normalized spacial score (nSPS) is 12.1. The van der Waals surface area contributed by atoms with Crippen LogP contribution < -0.4 is 11.1 Å². The lowest BCUT2D eigenvalue weighted by atomic mass is 10.2. The fourth-order valence-electron chi connectivity index (χ4n) is 1.36. The number of amides is 1. The third kappa shape index (κ3) is 4.75. The van der Waals surface area contributed by atoms with Crippen molar-refractivity contribution in [3.05, 3.63) is 12.4 Å². The first-order valence-corrected chi connectivity index (χ1v) is 5.62. The van der Waals surface area contributed by atoms with Crippen molar-refractivity contribution in [3.8, 4) is 0 Å². The summed E-state index contributed by atoms with van der Waals surface area (Å²) < 4.78 is 1.92. The van der Waals surface area contributed by atoms with Gasteiger partial charge >= 0.3 is 0 Å². The second kappa shape index (κ2) is 7.29. The van der Waals surface area contributed by atoms with E-state index in [2.05, 4.69) is 24.1 Å². The van der Waals surface area contributed by atoms with Crippen LogP contribution >= 0.6 is 12.4 Å². The number of nitrogens with one attached hydrogen (secondary N) is 1. The highest BCUT2D eigenvalue weighted by molar-refractivity contribution is 5.93. The van der Waals surface area contributed by atoms with Crippen LogP contribution in [0.5, 0.6) is 0 Å². The Labute approximate surface area is 108 Å². The number of aromatic nitrogens is 2. The summed E-state index contributed by atoms with van der Waals surface area (Å²) in [5.74, 6) is 0.894. The van der Waals surface area contributed by atoms with Gasteiger partial charge in [0.1, 0.15) is 0 Å². The van der Waals surface area contributed by atoms with Gasteiger partial charge in [-0.3, -0.25) is 10.1 Å². The van der Waals surface area contributed by atoms with Crippen LogP contribution in [-0.4, -0.2) is 21.5 Å². The van der Waals surface area contributed by atoms with E-state index < -0.39 is 6.04 Å². The van der Waals surface area contributed by atoms with E-state index in [1.807, 2.05) is 17.7 Å². The van der Waals surface area contributed by atoms with Gasteiger partial charge < -0.3 is 10.3 Å². The van der Waals surface area contributed by atoms with Crippen molar-refractivity contribution in [2.24, 2.45) is 11.7 Å². The molecule has 17 heavy (non-hydrogen) atoms. The first-order chi connectivity index (χ1) is 7.54. The fraction of sp³-hybridized carbons (Fsp3) is 0.636. The first-order valence-electron chi connectivity index (χ1n) is 5.62. The molecular formula is C11H21ClN4O. The summed E-state index contributed by atoms with van der Waals surface area (Å²) in [6.07, 6.45) is 4.15. The summed E-state index contributed by atoms with van der Waals surface area (Å²) in [5.41, 5.74) is 5.64. The molecular weight excluding hydrogens is 240 g/mol. The fourth-order valence-corrected chi connectivity index (χ4v) is 1.36. The monoisotopic (exact) mass is 260 g/mol. The third-order valence-electron chi connectivity index (χ3n) is 2.29. The minimum Gasteiger partial charge on any atom is -0.320 e. The van der Waals surface area contributed by atoms with Crippen LogP contribution in [0.2, 0.25) is 0 Å². The molecule has 0 saturated heterocycles. The summed E-state index contributed by atoms with van der Waals surface area (Å²) in [7, 11) is 0. The van der Waals surface area contributed by atoms with Gasteiger partial charge in [-0.25, -0.2) is 4.98 Å². The topological polar surface area (TPSA) is 72.9 Å². The average molecular weight is 261 g/mol. The predicted octanol–water partition coefficient (Wildman–Crippen LogP) is 1.64. The number of hydrogen-bond donors (Lipinski definition) is 2. The van der Waals surface area contributed by atoms with Crippen molar-refractivity contribution in [1.29, 1.82) is 0 Å². The van der Waals surface area contributed by atoms with Gasteiger partial charge in [0, 0.05) is 18.9 Å². The molecule has 0 unspecified atom stereocenters. The Morgan fingerprint density at radius 2 is 2.24 bits per heavy atom. The van der Waals surface area contributed by atoms with Gasteiger partial charge in [0.05, 0.1) is 6.04 Å². The minimum atomic E-state index is -0.468. The summed E-state index contributed by atoms with van der Waals surface area (Å²) in [6, 6.07) is -0.468. The van der Waals surface area contributed by atoms with Crippen LogP contribution in [0.25, 0.3) is 0 Å². The maximum absolute atomic E-state index is 11.6. The highest BCUT2D eigenvalue weighted by Crippen LogP contribution is 2.08. The van der Waals surface area contributed by atoms with E-state index in [9.17, 15) is 4.79 Å². The number of anilines is 1. The molecule has 5 nitrogen and oxygen atoms in total. The standard InChI is InChI=1S/C11H20N4O.ClH/c1-4-9(12)10(16)14-11-13-5-6-15(11)7-8(2)3;/h5-6,8-9H,4,7,12H2,1-3H3,(H,13,14,16);1H/t9-;/m0./s1. The molecule has 1 amide bonds. The molecule has 1 atom stereocenters. The summed E-state index contributed by atoms with van der Waals surface area (Å²) in [5, 5.41) is 2.73. The van der Waals surface area contributed by atoms with Gasteiger partial charge in [-0.05, 0) is 12.3 Å². The number of nitrogens with zero attached hydrogens (tertiary/aromatic N) is 2. The van der Waals surface area contributed by atoms with Crippen LogP contribution in [0.3, 0.4) is 0 Å². The van der Waals surface area contributed by atoms with Crippen LogP contribution in [0.15, 0.2) is 12.4 Å². The number of imidazole rings is 1. The van der Waals surface area contributed by atoms with Crippen molar-refractivity contribution in [1.82, 2.24) is 9.55 Å². The molecule has 1 aromatic heterocycles. The lowest BCUT2D eigenvalue weighted by Crippen LogP contribution is -2.35. The Balaban J connectivity index is 0.00000256. The molecule has 0 aliphatic carbocycles. The molecule has 1 heterocycles. The van der Waals surface area contributed by atoms with Gasteiger partial charge in [0.2, 0.25) is 11.9 Å². The molecule has 0 aliphatic heterocycles. The zero-order valence-electron chi connectivity index (χ0n) is 10.5. The Kier molecular flexibility index (Phi) is 6.83. The van der Waals surface area contributed by atoms with Gasteiger partial charge in [0.25, 0.3) is 0 Å². The van der Waals surface area contributed by atoms with E-state index in [0.717, 1.165) is 6.54 Å². The van der Waals surface area contributed by atoms with Crippen LogP contribution in [-0.2, 0) is 11.3 Å².